The molecule has 0 unspecified atom stereocenters. The van der Waals surface area contributed by atoms with E-state index in [4.69, 9.17) is 4.74 Å². The monoisotopic (exact) mass is 359 g/mol. The Balaban J connectivity index is 1.92. The molecular weight excluding hydrogens is 316 g/mol. The maximum Gasteiger partial charge on any atom is 0.119 e. The molecule has 1 nitrogen and oxygen atoms in total. The van der Waals surface area contributed by atoms with Crippen LogP contribution in [0.2, 0.25) is 0 Å². The summed E-state index contributed by atoms with van der Waals surface area (Å²) in [6.07, 6.45) is 21.6. The average Bonchev–Trinajstić information content (AvgIpc) is 2.66. The zero-order chi connectivity index (χ0) is 18.7. The van der Waals surface area contributed by atoms with Crippen LogP contribution >= 0.6 is 0 Å². The van der Waals surface area contributed by atoms with E-state index in [0.29, 0.717) is 0 Å². The molecule has 0 fully saturated rings. The highest BCUT2D eigenvalue weighted by atomic mass is 16.5. The first kappa shape index (κ1) is 23.1. The molecule has 0 aliphatic heterocycles. The Kier molecular flexibility index (Phi) is 15.5. The van der Waals surface area contributed by atoms with Crippen molar-refractivity contribution in [2.45, 2.75) is 110 Å². The van der Waals surface area contributed by atoms with Crippen LogP contribution < -0.4 is 4.74 Å². The summed E-state index contributed by atoms with van der Waals surface area (Å²) in [4.78, 5) is 0. The number of hydrogen-bond donors (Lipinski definition) is 0. The van der Waals surface area contributed by atoms with Crippen molar-refractivity contribution in [2.24, 2.45) is 0 Å². The van der Waals surface area contributed by atoms with Crippen molar-refractivity contribution in [1.82, 2.24) is 0 Å². The SMILES string of the molecule is [CH2]CCCOc1cccc(CCCCCCCCCCCCCCC)c1. The number of rotatable bonds is 18. The van der Waals surface area contributed by atoms with Crippen molar-refractivity contribution in [2.75, 3.05) is 6.61 Å². The van der Waals surface area contributed by atoms with Crippen molar-refractivity contribution >= 4 is 0 Å². The molecule has 1 heteroatoms. The highest BCUT2D eigenvalue weighted by molar-refractivity contribution is 5.28. The fraction of sp³-hybridized carbons (Fsp3) is 0.720. The summed E-state index contributed by atoms with van der Waals surface area (Å²) in [5.41, 5.74) is 1.42. The lowest BCUT2D eigenvalue weighted by Crippen LogP contribution is -1.97. The Labute approximate surface area is 163 Å². The van der Waals surface area contributed by atoms with Crippen molar-refractivity contribution in [3.05, 3.63) is 36.8 Å². The van der Waals surface area contributed by atoms with Crippen LogP contribution in [0.3, 0.4) is 0 Å². The molecule has 1 rings (SSSR count). The highest BCUT2D eigenvalue weighted by Crippen LogP contribution is 2.17. The second kappa shape index (κ2) is 17.4. The Morgan fingerprint density at radius 1 is 0.731 bits per heavy atom. The molecule has 0 aliphatic carbocycles. The minimum absolute atomic E-state index is 0.783. The number of hydrogen-bond acceptors (Lipinski definition) is 1. The summed E-state index contributed by atoms with van der Waals surface area (Å²) in [6.45, 7) is 6.93. The Morgan fingerprint density at radius 3 is 1.88 bits per heavy atom. The summed E-state index contributed by atoms with van der Waals surface area (Å²) < 4.78 is 5.77. The smallest absolute Gasteiger partial charge is 0.119 e. The Bertz CT molecular complexity index is 412. The van der Waals surface area contributed by atoms with Crippen LogP contribution in [0.25, 0.3) is 0 Å². The third-order valence-corrected chi connectivity index (χ3v) is 5.13. The Hall–Kier alpha value is -0.980. The second-order valence-electron chi connectivity index (χ2n) is 7.70. The third-order valence-electron chi connectivity index (χ3n) is 5.13. The molecule has 0 heterocycles. The minimum Gasteiger partial charge on any atom is -0.494 e. The Morgan fingerprint density at radius 2 is 1.31 bits per heavy atom. The van der Waals surface area contributed by atoms with Crippen LogP contribution in [-0.2, 0) is 6.42 Å². The molecule has 149 valence electrons. The molecule has 1 aromatic carbocycles. The van der Waals surface area contributed by atoms with E-state index in [1.807, 2.05) is 0 Å². The van der Waals surface area contributed by atoms with E-state index in [-0.39, 0.29) is 0 Å². The number of unbranched alkanes of at least 4 members (excludes halogenated alkanes) is 13. The predicted octanol–water partition coefficient (Wildman–Crippen LogP) is 8.31. The number of benzene rings is 1. The van der Waals surface area contributed by atoms with Crippen molar-refractivity contribution < 1.29 is 4.74 Å². The standard InChI is InChI=1S/C25H43O/c1-3-5-7-8-9-10-11-12-13-14-15-16-17-19-24-20-18-21-25(23-24)26-22-6-4-2/h18,20-21,23H,2-17,19,22H2,1H3. The van der Waals surface area contributed by atoms with Gasteiger partial charge >= 0.3 is 0 Å². The third kappa shape index (κ3) is 13.3. The van der Waals surface area contributed by atoms with E-state index < -0.39 is 0 Å². The van der Waals surface area contributed by atoms with E-state index in [1.54, 1.807) is 0 Å². The van der Waals surface area contributed by atoms with E-state index in [9.17, 15) is 0 Å². The van der Waals surface area contributed by atoms with Gasteiger partial charge in [0, 0.05) is 0 Å². The van der Waals surface area contributed by atoms with Gasteiger partial charge in [-0.15, -0.1) is 0 Å². The topological polar surface area (TPSA) is 9.23 Å². The van der Waals surface area contributed by atoms with Crippen LogP contribution in [0.4, 0.5) is 0 Å². The lowest BCUT2D eigenvalue weighted by Gasteiger charge is -2.07. The summed E-state index contributed by atoms with van der Waals surface area (Å²) >= 11 is 0. The quantitative estimate of drug-likeness (QED) is 0.239. The first-order valence-corrected chi connectivity index (χ1v) is 11.4. The summed E-state index contributed by atoms with van der Waals surface area (Å²) in [5.74, 6) is 1.02. The first-order chi connectivity index (χ1) is 12.9. The van der Waals surface area contributed by atoms with E-state index in [2.05, 4.69) is 38.1 Å². The summed E-state index contributed by atoms with van der Waals surface area (Å²) in [6, 6.07) is 8.63. The molecule has 0 aromatic heterocycles. The van der Waals surface area contributed by atoms with Gasteiger partial charge in [0.2, 0.25) is 0 Å². The molecule has 0 aliphatic rings. The molecule has 0 amide bonds. The fourth-order valence-corrected chi connectivity index (χ4v) is 3.43. The lowest BCUT2D eigenvalue weighted by atomic mass is 10.0. The van der Waals surface area contributed by atoms with Gasteiger partial charge in [-0.25, -0.2) is 0 Å². The molecule has 0 saturated heterocycles. The molecule has 0 atom stereocenters. The van der Waals surface area contributed by atoms with Crippen LogP contribution in [-0.4, -0.2) is 6.61 Å². The average molecular weight is 360 g/mol. The van der Waals surface area contributed by atoms with Gasteiger partial charge < -0.3 is 4.74 Å². The van der Waals surface area contributed by atoms with Gasteiger partial charge in [-0.1, -0.05) is 109 Å². The van der Waals surface area contributed by atoms with Crippen LogP contribution in [0, 0.1) is 6.92 Å². The van der Waals surface area contributed by atoms with Crippen molar-refractivity contribution in [3.8, 4) is 5.75 Å². The van der Waals surface area contributed by atoms with Crippen molar-refractivity contribution in [3.63, 3.8) is 0 Å². The van der Waals surface area contributed by atoms with Gasteiger partial charge in [-0.2, -0.15) is 0 Å². The van der Waals surface area contributed by atoms with Gasteiger partial charge in [0.25, 0.3) is 0 Å². The predicted molar refractivity (Wildman–Crippen MR) is 116 cm³/mol. The van der Waals surface area contributed by atoms with Crippen molar-refractivity contribution in [1.29, 1.82) is 0 Å². The highest BCUT2D eigenvalue weighted by Gasteiger charge is 1.98. The van der Waals surface area contributed by atoms with Gasteiger partial charge in [0.15, 0.2) is 0 Å². The van der Waals surface area contributed by atoms with Crippen LogP contribution in [0.1, 0.15) is 109 Å². The zero-order valence-corrected chi connectivity index (χ0v) is 17.4. The van der Waals surface area contributed by atoms with Gasteiger partial charge in [-0.3, -0.25) is 0 Å². The van der Waals surface area contributed by atoms with E-state index in [1.165, 1.54) is 95.5 Å². The maximum atomic E-state index is 5.77. The second-order valence-corrected chi connectivity index (χ2v) is 7.70. The molecule has 26 heavy (non-hydrogen) atoms. The summed E-state index contributed by atoms with van der Waals surface area (Å²) in [7, 11) is 0. The molecule has 0 N–H and O–H groups in total. The summed E-state index contributed by atoms with van der Waals surface area (Å²) in [5, 5.41) is 0. The number of ether oxygens (including phenoxy) is 1. The zero-order valence-electron chi connectivity index (χ0n) is 17.4. The normalized spacial score (nSPS) is 11.0. The lowest BCUT2D eigenvalue weighted by molar-refractivity contribution is 0.311. The fourth-order valence-electron chi connectivity index (χ4n) is 3.43. The first-order valence-electron chi connectivity index (χ1n) is 11.4. The van der Waals surface area contributed by atoms with Crippen LogP contribution in [0.5, 0.6) is 5.75 Å². The molecule has 1 aromatic rings. The molecular formula is C25H43O. The minimum atomic E-state index is 0.783. The van der Waals surface area contributed by atoms with Gasteiger partial charge in [-0.05, 0) is 37.0 Å². The van der Waals surface area contributed by atoms with E-state index in [0.717, 1.165) is 25.2 Å². The van der Waals surface area contributed by atoms with Crippen LogP contribution in [0.15, 0.2) is 24.3 Å². The molecule has 0 saturated carbocycles. The molecule has 1 radical (unpaired) electrons. The van der Waals surface area contributed by atoms with E-state index >= 15 is 0 Å². The molecule has 0 spiro atoms. The van der Waals surface area contributed by atoms with Gasteiger partial charge in [0.1, 0.15) is 5.75 Å². The maximum absolute atomic E-state index is 5.77. The largest absolute Gasteiger partial charge is 0.494 e. The number of aryl methyl sites for hydroxylation is 1. The molecule has 0 bridgehead atoms. The van der Waals surface area contributed by atoms with Gasteiger partial charge in [0.05, 0.1) is 6.61 Å².